The topological polar surface area (TPSA) is 53.2 Å². The van der Waals surface area contributed by atoms with Crippen molar-refractivity contribution in [2.24, 2.45) is 17.3 Å². The molecule has 0 saturated heterocycles. The fourth-order valence-corrected chi connectivity index (χ4v) is 4.22. The first-order chi connectivity index (χ1) is 9.69. The molecule has 0 heterocycles. The Hall–Kier alpha value is -1.37. The lowest BCUT2D eigenvalue weighted by atomic mass is 9.68. The molecule has 0 radical (unpaired) electrons. The number of hydrogen-bond acceptors (Lipinski definition) is 3. The molecule has 106 valence electrons. The minimum atomic E-state index is -0.681. The van der Waals surface area contributed by atoms with E-state index in [1.54, 1.807) is 7.11 Å². The molecule has 20 heavy (non-hydrogen) atoms. The summed E-state index contributed by atoms with van der Waals surface area (Å²) in [5.41, 5.74) is 1.32. The molecular weight excluding hydrogens is 250 g/mol. The number of benzene rings is 1. The first-order valence-electron chi connectivity index (χ1n) is 7.36. The minimum absolute atomic E-state index is 0.360. The SMILES string of the molecule is COCc1cccc(C(O)C2(C#N)CC3CCC2C3)c1. The van der Waals surface area contributed by atoms with Crippen molar-refractivity contribution < 1.29 is 9.84 Å². The smallest absolute Gasteiger partial charge is 0.0979 e. The molecule has 3 heteroatoms. The summed E-state index contributed by atoms with van der Waals surface area (Å²) in [5.74, 6) is 0.995. The molecule has 3 nitrogen and oxygen atoms in total. The third kappa shape index (κ3) is 2.04. The van der Waals surface area contributed by atoms with Gasteiger partial charge in [0.25, 0.3) is 0 Å². The van der Waals surface area contributed by atoms with E-state index in [1.165, 1.54) is 6.42 Å². The molecule has 1 N–H and O–H groups in total. The highest BCUT2D eigenvalue weighted by molar-refractivity contribution is 5.30. The Balaban J connectivity index is 1.90. The number of methoxy groups -OCH3 is 1. The molecule has 2 aliphatic carbocycles. The number of hydrogen-bond donors (Lipinski definition) is 1. The van der Waals surface area contributed by atoms with Gasteiger partial charge in [0.15, 0.2) is 0 Å². The van der Waals surface area contributed by atoms with E-state index >= 15 is 0 Å². The van der Waals surface area contributed by atoms with Crippen molar-refractivity contribution in [2.45, 2.75) is 38.4 Å². The Labute approximate surface area is 120 Å². The Kier molecular flexibility index (Phi) is 3.54. The molecule has 2 bridgehead atoms. The fourth-order valence-electron chi connectivity index (χ4n) is 4.22. The van der Waals surface area contributed by atoms with Crippen molar-refractivity contribution in [1.82, 2.24) is 0 Å². The maximum absolute atomic E-state index is 10.8. The summed E-state index contributed by atoms with van der Waals surface area (Å²) in [4.78, 5) is 0. The summed E-state index contributed by atoms with van der Waals surface area (Å²) >= 11 is 0. The lowest BCUT2D eigenvalue weighted by Crippen LogP contribution is -2.33. The highest BCUT2D eigenvalue weighted by atomic mass is 16.5. The summed E-state index contributed by atoms with van der Waals surface area (Å²) in [7, 11) is 1.66. The van der Waals surface area contributed by atoms with E-state index < -0.39 is 11.5 Å². The van der Waals surface area contributed by atoms with Crippen LogP contribution >= 0.6 is 0 Å². The van der Waals surface area contributed by atoms with Gasteiger partial charge in [-0.25, -0.2) is 0 Å². The normalized spacial score (nSPS) is 33.0. The number of nitriles is 1. The van der Waals surface area contributed by atoms with Crippen LogP contribution < -0.4 is 0 Å². The first kappa shape index (κ1) is 13.6. The Bertz CT molecular complexity index is 536. The average molecular weight is 271 g/mol. The quantitative estimate of drug-likeness (QED) is 0.915. The number of nitrogens with zero attached hydrogens (tertiary/aromatic N) is 1. The largest absolute Gasteiger partial charge is 0.387 e. The van der Waals surface area contributed by atoms with Crippen LogP contribution in [-0.4, -0.2) is 12.2 Å². The Morgan fingerprint density at radius 2 is 2.35 bits per heavy atom. The molecule has 0 spiro atoms. The van der Waals surface area contributed by atoms with Gasteiger partial charge in [0.2, 0.25) is 0 Å². The van der Waals surface area contributed by atoms with Crippen molar-refractivity contribution in [1.29, 1.82) is 5.26 Å². The standard InChI is InChI=1S/C17H21NO2/c1-20-10-13-3-2-4-14(7-13)16(19)17(11-18)9-12-5-6-15(17)8-12/h2-4,7,12,15-16,19H,5-6,8-10H2,1H3. The van der Waals surface area contributed by atoms with Crippen LogP contribution in [0, 0.1) is 28.6 Å². The maximum atomic E-state index is 10.8. The van der Waals surface area contributed by atoms with Crippen LogP contribution in [0.15, 0.2) is 24.3 Å². The summed E-state index contributed by atoms with van der Waals surface area (Å²) in [6.07, 6.45) is 3.60. The molecule has 1 aromatic carbocycles. The predicted octanol–water partition coefficient (Wildman–Crippen LogP) is 3.20. The molecule has 1 aromatic rings. The van der Waals surface area contributed by atoms with Gasteiger partial charge in [0.05, 0.1) is 24.2 Å². The molecule has 4 unspecified atom stereocenters. The van der Waals surface area contributed by atoms with Crippen molar-refractivity contribution in [3.8, 4) is 6.07 Å². The molecule has 2 fully saturated rings. The van der Waals surface area contributed by atoms with Crippen LogP contribution in [0.25, 0.3) is 0 Å². The lowest BCUT2D eigenvalue weighted by molar-refractivity contribution is 0.0232. The van der Waals surface area contributed by atoms with Gasteiger partial charge in [-0.15, -0.1) is 0 Å². The summed E-state index contributed by atoms with van der Waals surface area (Å²) in [6.45, 7) is 0.534. The molecule has 4 atom stereocenters. The highest BCUT2D eigenvalue weighted by Gasteiger charge is 2.55. The van der Waals surface area contributed by atoms with Crippen LogP contribution in [0.4, 0.5) is 0 Å². The monoisotopic (exact) mass is 271 g/mol. The maximum Gasteiger partial charge on any atom is 0.0979 e. The third-order valence-electron chi connectivity index (χ3n) is 5.17. The van der Waals surface area contributed by atoms with Gasteiger partial charge in [-0.05, 0) is 42.2 Å². The van der Waals surface area contributed by atoms with Gasteiger partial charge < -0.3 is 9.84 Å². The second-order valence-corrected chi connectivity index (χ2v) is 6.31. The van der Waals surface area contributed by atoms with E-state index in [0.29, 0.717) is 18.4 Å². The predicted molar refractivity (Wildman–Crippen MR) is 75.6 cm³/mol. The van der Waals surface area contributed by atoms with Gasteiger partial charge in [0, 0.05) is 7.11 Å². The molecule has 0 aromatic heterocycles. The Morgan fingerprint density at radius 1 is 1.50 bits per heavy atom. The summed E-state index contributed by atoms with van der Waals surface area (Å²) in [5, 5.41) is 20.5. The molecular formula is C17H21NO2. The zero-order chi connectivity index (χ0) is 14.2. The molecule has 0 amide bonds. The summed E-state index contributed by atoms with van der Waals surface area (Å²) < 4.78 is 5.14. The third-order valence-corrected chi connectivity index (χ3v) is 5.17. The van der Waals surface area contributed by atoms with Crippen LogP contribution in [0.2, 0.25) is 0 Å². The van der Waals surface area contributed by atoms with E-state index in [9.17, 15) is 10.4 Å². The van der Waals surface area contributed by atoms with Gasteiger partial charge >= 0.3 is 0 Å². The van der Waals surface area contributed by atoms with Crippen LogP contribution in [-0.2, 0) is 11.3 Å². The molecule has 2 saturated carbocycles. The van der Waals surface area contributed by atoms with E-state index in [-0.39, 0.29) is 0 Å². The molecule has 3 rings (SSSR count). The number of ether oxygens (including phenoxy) is 1. The summed E-state index contributed by atoms with van der Waals surface area (Å²) in [6, 6.07) is 10.3. The average Bonchev–Trinajstić information content (AvgIpc) is 3.08. The fraction of sp³-hybridized carbons (Fsp3) is 0.588. The number of fused-ring (bicyclic) bond motifs is 2. The lowest BCUT2D eigenvalue weighted by Gasteiger charge is -2.35. The Morgan fingerprint density at radius 3 is 2.95 bits per heavy atom. The van der Waals surface area contributed by atoms with E-state index in [0.717, 1.165) is 30.4 Å². The van der Waals surface area contributed by atoms with Crippen molar-refractivity contribution in [3.05, 3.63) is 35.4 Å². The van der Waals surface area contributed by atoms with Crippen LogP contribution in [0.1, 0.15) is 42.9 Å². The number of rotatable bonds is 4. The van der Waals surface area contributed by atoms with Gasteiger partial charge in [-0.3, -0.25) is 0 Å². The molecule has 0 aliphatic heterocycles. The zero-order valence-electron chi connectivity index (χ0n) is 11.9. The van der Waals surface area contributed by atoms with Crippen LogP contribution in [0.5, 0.6) is 0 Å². The number of aliphatic hydroxyl groups excluding tert-OH is 1. The van der Waals surface area contributed by atoms with Crippen molar-refractivity contribution >= 4 is 0 Å². The van der Waals surface area contributed by atoms with E-state index in [1.807, 2.05) is 24.3 Å². The zero-order valence-corrected chi connectivity index (χ0v) is 11.9. The van der Waals surface area contributed by atoms with E-state index in [4.69, 9.17) is 4.74 Å². The van der Waals surface area contributed by atoms with Gasteiger partial charge in [-0.2, -0.15) is 5.26 Å². The highest BCUT2D eigenvalue weighted by Crippen LogP contribution is 2.60. The van der Waals surface area contributed by atoms with Crippen molar-refractivity contribution in [3.63, 3.8) is 0 Å². The second-order valence-electron chi connectivity index (χ2n) is 6.31. The first-order valence-corrected chi connectivity index (χ1v) is 7.36. The minimum Gasteiger partial charge on any atom is -0.387 e. The van der Waals surface area contributed by atoms with Crippen LogP contribution in [0.3, 0.4) is 0 Å². The van der Waals surface area contributed by atoms with Gasteiger partial charge in [-0.1, -0.05) is 30.7 Å². The van der Waals surface area contributed by atoms with E-state index in [2.05, 4.69) is 6.07 Å². The van der Waals surface area contributed by atoms with Crippen molar-refractivity contribution in [2.75, 3.05) is 7.11 Å². The second kappa shape index (κ2) is 5.20. The van der Waals surface area contributed by atoms with Gasteiger partial charge in [0.1, 0.15) is 0 Å². The number of aliphatic hydroxyl groups is 1. The molecule has 2 aliphatic rings.